The summed E-state index contributed by atoms with van der Waals surface area (Å²) >= 11 is 5.96. The number of benzene rings is 2. The lowest BCUT2D eigenvalue weighted by Crippen LogP contribution is -2.30. The third-order valence-corrected chi connectivity index (χ3v) is 3.68. The first-order valence-corrected chi connectivity index (χ1v) is 7.66. The highest BCUT2D eigenvalue weighted by Crippen LogP contribution is 2.32. The molecule has 1 aliphatic heterocycles. The normalized spacial score (nSPS) is 12.6. The standard InChI is InChI=1S/C17H17ClN2O3/c1-20(11-12-3-2-4-13(18)9-12)17(21)19-14-5-6-15-16(10-14)23-8-7-22-15/h2-6,9-10H,7-8,11H2,1H3,(H,19,21). The third-order valence-electron chi connectivity index (χ3n) is 3.45. The molecule has 1 heterocycles. The maximum Gasteiger partial charge on any atom is 0.321 e. The van der Waals surface area contributed by atoms with Gasteiger partial charge in [-0.1, -0.05) is 23.7 Å². The van der Waals surface area contributed by atoms with Gasteiger partial charge in [0.15, 0.2) is 11.5 Å². The summed E-state index contributed by atoms with van der Waals surface area (Å²) in [7, 11) is 1.73. The molecule has 0 unspecified atom stereocenters. The Bertz CT molecular complexity index is 721. The highest BCUT2D eigenvalue weighted by molar-refractivity contribution is 6.30. The molecule has 0 radical (unpaired) electrons. The van der Waals surface area contributed by atoms with E-state index in [4.69, 9.17) is 21.1 Å². The van der Waals surface area contributed by atoms with E-state index in [9.17, 15) is 4.79 Å². The monoisotopic (exact) mass is 332 g/mol. The van der Waals surface area contributed by atoms with E-state index in [1.807, 2.05) is 18.2 Å². The molecule has 0 bridgehead atoms. The lowest BCUT2D eigenvalue weighted by molar-refractivity contribution is 0.171. The van der Waals surface area contributed by atoms with Crippen molar-refractivity contribution in [3.05, 3.63) is 53.1 Å². The van der Waals surface area contributed by atoms with Gasteiger partial charge in [-0.3, -0.25) is 0 Å². The summed E-state index contributed by atoms with van der Waals surface area (Å²) in [6.45, 7) is 1.52. The van der Waals surface area contributed by atoms with E-state index in [0.29, 0.717) is 42.0 Å². The van der Waals surface area contributed by atoms with Crippen LogP contribution < -0.4 is 14.8 Å². The summed E-state index contributed by atoms with van der Waals surface area (Å²) in [5.74, 6) is 1.34. The molecule has 0 spiro atoms. The number of carbonyl (C=O) groups excluding carboxylic acids is 1. The van der Waals surface area contributed by atoms with Crippen LogP contribution in [-0.4, -0.2) is 31.2 Å². The number of amides is 2. The Morgan fingerprint density at radius 2 is 1.96 bits per heavy atom. The summed E-state index contributed by atoms with van der Waals surface area (Å²) < 4.78 is 11.0. The summed E-state index contributed by atoms with van der Waals surface area (Å²) in [6, 6.07) is 12.6. The van der Waals surface area contributed by atoms with Gasteiger partial charge >= 0.3 is 6.03 Å². The van der Waals surface area contributed by atoms with E-state index in [1.54, 1.807) is 36.2 Å². The van der Waals surface area contributed by atoms with Gasteiger partial charge in [0.05, 0.1) is 0 Å². The number of halogens is 1. The van der Waals surface area contributed by atoms with E-state index < -0.39 is 0 Å². The Morgan fingerprint density at radius 1 is 1.17 bits per heavy atom. The molecular formula is C17H17ClN2O3. The van der Waals surface area contributed by atoms with Crippen LogP contribution in [0.1, 0.15) is 5.56 Å². The van der Waals surface area contributed by atoms with Gasteiger partial charge in [0, 0.05) is 30.4 Å². The second kappa shape index (κ2) is 6.79. The first-order valence-electron chi connectivity index (χ1n) is 7.28. The second-order valence-corrected chi connectivity index (χ2v) is 5.71. The Balaban J connectivity index is 1.64. The Labute approximate surface area is 139 Å². The largest absolute Gasteiger partial charge is 0.486 e. The fourth-order valence-electron chi connectivity index (χ4n) is 2.32. The number of hydrogen-bond acceptors (Lipinski definition) is 3. The molecule has 0 aliphatic carbocycles. The van der Waals surface area contributed by atoms with Crippen molar-refractivity contribution in [1.29, 1.82) is 0 Å². The number of anilines is 1. The molecule has 2 amide bonds. The van der Waals surface area contributed by atoms with Gasteiger partial charge in [0.25, 0.3) is 0 Å². The zero-order valence-electron chi connectivity index (χ0n) is 12.7. The van der Waals surface area contributed by atoms with Crippen molar-refractivity contribution >= 4 is 23.3 Å². The van der Waals surface area contributed by atoms with Crippen molar-refractivity contribution in [2.24, 2.45) is 0 Å². The molecule has 23 heavy (non-hydrogen) atoms. The molecule has 2 aromatic carbocycles. The molecule has 6 heteroatoms. The number of nitrogens with one attached hydrogen (secondary N) is 1. The van der Waals surface area contributed by atoms with Crippen molar-refractivity contribution in [3.63, 3.8) is 0 Å². The summed E-state index contributed by atoms with van der Waals surface area (Å²) in [4.78, 5) is 13.9. The highest BCUT2D eigenvalue weighted by Gasteiger charge is 2.14. The smallest absolute Gasteiger partial charge is 0.321 e. The Kier molecular flexibility index (Phi) is 4.57. The number of urea groups is 1. The average Bonchev–Trinajstić information content (AvgIpc) is 2.54. The van der Waals surface area contributed by atoms with Crippen LogP contribution in [0, 0.1) is 0 Å². The van der Waals surface area contributed by atoms with Crippen molar-refractivity contribution in [3.8, 4) is 11.5 Å². The Morgan fingerprint density at radius 3 is 2.74 bits per heavy atom. The number of fused-ring (bicyclic) bond motifs is 1. The van der Waals surface area contributed by atoms with Crippen molar-refractivity contribution < 1.29 is 14.3 Å². The first-order chi connectivity index (χ1) is 11.1. The van der Waals surface area contributed by atoms with Crippen LogP contribution in [-0.2, 0) is 6.54 Å². The van der Waals surface area contributed by atoms with Crippen molar-refractivity contribution in [1.82, 2.24) is 4.90 Å². The van der Waals surface area contributed by atoms with Crippen LogP contribution in [0.25, 0.3) is 0 Å². The number of nitrogens with zero attached hydrogens (tertiary/aromatic N) is 1. The summed E-state index contributed by atoms with van der Waals surface area (Å²) in [5.41, 5.74) is 1.63. The highest BCUT2D eigenvalue weighted by atomic mass is 35.5. The number of carbonyl (C=O) groups is 1. The van der Waals surface area contributed by atoms with Crippen LogP contribution in [0.2, 0.25) is 5.02 Å². The number of ether oxygens (including phenoxy) is 2. The van der Waals surface area contributed by atoms with E-state index in [2.05, 4.69) is 5.32 Å². The van der Waals surface area contributed by atoms with Crippen LogP contribution in [0.15, 0.2) is 42.5 Å². The van der Waals surface area contributed by atoms with Gasteiger partial charge in [0.1, 0.15) is 13.2 Å². The van der Waals surface area contributed by atoms with Crippen LogP contribution in [0.5, 0.6) is 11.5 Å². The first kappa shape index (κ1) is 15.5. The second-order valence-electron chi connectivity index (χ2n) is 5.27. The van der Waals surface area contributed by atoms with Gasteiger partial charge in [-0.2, -0.15) is 0 Å². The van der Waals surface area contributed by atoms with Gasteiger partial charge in [-0.15, -0.1) is 0 Å². The van der Waals surface area contributed by atoms with Crippen molar-refractivity contribution in [2.75, 3.05) is 25.6 Å². The summed E-state index contributed by atoms with van der Waals surface area (Å²) in [5, 5.41) is 3.50. The predicted molar refractivity (Wildman–Crippen MR) is 89.4 cm³/mol. The molecule has 3 rings (SSSR count). The van der Waals surface area contributed by atoms with Crippen molar-refractivity contribution in [2.45, 2.75) is 6.54 Å². The Hall–Kier alpha value is -2.40. The molecule has 120 valence electrons. The molecule has 0 aromatic heterocycles. The molecular weight excluding hydrogens is 316 g/mol. The number of hydrogen-bond donors (Lipinski definition) is 1. The minimum atomic E-state index is -0.207. The van der Waals surface area contributed by atoms with Gasteiger partial charge < -0.3 is 19.7 Å². The molecule has 0 saturated heterocycles. The minimum Gasteiger partial charge on any atom is -0.486 e. The molecule has 0 saturated carbocycles. The van der Waals surface area contributed by atoms with Gasteiger partial charge in [-0.25, -0.2) is 4.79 Å². The zero-order valence-corrected chi connectivity index (χ0v) is 13.5. The van der Waals surface area contributed by atoms with E-state index >= 15 is 0 Å². The summed E-state index contributed by atoms with van der Waals surface area (Å²) in [6.07, 6.45) is 0. The maximum absolute atomic E-state index is 12.3. The SMILES string of the molecule is CN(Cc1cccc(Cl)c1)C(=O)Nc1ccc2c(c1)OCCO2. The van der Waals surface area contributed by atoms with Gasteiger partial charge in [0.2, 0.25) is 0 Å². The third kappa shape index (κ3) is 3.87. The fourth-order valence-corrected chi connectivity index (χ4v) is 2.53. The average molecular weight is 333 g/mol. The topological polar surface area (TPSA) is 50.8 Å². The maximum atomic E-state index is 12.3. The quantitative estimate of drug-likeness (QED) is 0.930. The molecule has 1 N–H and O–H groups in total. The molecule has 2 aromatic rings. The predicted octanol–water partition coefficient (Wildman–Crippen LogP) is 3.78. The van der Waals surface area contributed by atoms with Crippen LogP contribution in [0.4, 0.5) is 10.5 Å². The van der Waals surface area contributed by atoms with E-state index in [1.165, 1.54) is 0 Å². The van der Waals surface area contributed by atoms with E-state index in [0.717, 1.165) is 5.56 Å². The number of rotatable bonds is 3. The van der Waals surface area contributed by atoms with Crippen LogP contribution in [0.3, 0.4) is 0 Å². The van der Waals surface area contributed by atoms with Gasteiger partial charge in [-0.05, 0) is 29.8 Å². The van der Waals surface area contributed by atoms with Crippen LogP contribution >= 0.6 is 11.6 Å². The van der Waals surface area contributed by atoms with E-state index in [-0.39, 0.29) is 6.03 Å². The molecule has 5 nitrogen and oxygen atoms in total. The lowest BCUT2D eigenvalue weighted by atomic mass is 10.2. The molecule has 0 atom stereocenters. The molecule has 0 fully saturated rings. The minimum absolute atomic E-state index is 0.207. The zero-order chi connectivity index (χ0) is 16.2. The fraction of sp³-hybridized carbons (Fsp3) is 0.235. The lowest BCUT2D eigenvalue weighted by Gasteiger charge is -2.21. The molecule has 1 aliphatic rings.